The summed E-state index contributed by atoms with van der Waals surface area (Å²) < 4.78 is 21.6. The largest absolute Gasteiger partial charge is 0.402 e. The summed E-state index contributed by atoms with van der Waals surface area (Å²) in [7, 11) is 0. The molecule has 1 saturated heterocycles. The summed E-state index contributed by atoms with van der Waals surface area (Å²) in [5.74, 6) is -0.00602. The molecule has 3 N–H and O–H groups in total. The number of ether oxygens (including phenoxy) is 1. The van der Waals surface area contributed by atoms with Crippen molar-refractivity contribution < 1.29 is 13.9 Å². The van der Waals surface area contributed by atoms with Crippen molar-refractivity contribution in [2.75, 3.05) is 18.1 Å². The normalized spacial score (nSPS) is 27.5. The smallest absolute Gasteiger partial charge is 0.327 e. The third kappa shape index (κ3) is 3.69. The highest BCUT2D eigenvalue weighted by molar-refractivity contribution is 5.89. The van der Waals surface area contributed by atoms with Gasteiger partial charge in [-0.3, -0.25) is 4.57 Å². The molecular formula is C20H25FN6O2. The van der Waals surface area contributed by atoms with Gasteiger partial charge in [0.2, 0.25) is 5.95 Å². The lowest BCUT2D eigenvalue weighted by Crippen LogP contribution is -2.40. The number of allylic oxidation sites excluding steroid dienone is 2. The van der Waals surface area contributed by atoms with Crippen LogP contribution in [0.15, 0.2) is 42.1 Å². The molecule has 1 unspecified atom stereocenters. The molecule has 1 fully saturated rings. The minimum atomic E-state index is -0.516. The second-order valence-electron chi connectivity index (χ2n) is 7.51. The summed E-state index contributed by atoms with van der Waals surface area (Å²) in [6, 6.07) is 1.18. The van der Waals surface area contributed by atoms with Crippen LogP contribution in [0.3, 0.4) is 0 Å². The fourth-order valence-corrected chi connectivity index (χ4v) is 3.96. The van der Waals surface area contributed by atoms with E-state index in [1.807, 2.05) is 24.8 Å². The van der Waals surface area contributed by atoms with Crippen LogP contribution in [0, 0.1) is 0 Å². The molecule has 2 aliphatic rings. The number of carbonyl (C=O) groups is 1. The minimum Gasteiger partial charge on any atom is -0.402 e. The standard InChI is InChI=1S/C20H25FN6O2/c1-12-11-29-13(2)16(8-15(21)9-22)17-4-3-6-26(17)19-23-10-14-5-7-27(18(14)25-19)20(28)24-12/h5,7-10,12-13,17H,3-4,6,11,22H2,1-2H3,(H,24,28)/b15-9+,16-8+/t12-,13?,17+/m0/s1. The van der Waals surface area contributed by atoms with Crippen LogP contribution in [-0.4, -0.2) is 51.9 Å². The van der Waals surface area contributed by atoms with Crippen molar-refractivity contribution >= 4 is 23.0 Å². The van der Waals surface area contributed by atoms with Crippen molar-refractivity contribution in [2.24, 2.45) is 5.73 Å². The Labute approximate surface area is 168 Å². The predicted octanol–water partition coefficient (Wildman–Crippen LogP) is 2.46. The summed E-state index contributed by atoms with van der Waals surface area (Å²) >= 11 is 0. The monoisotopic (exact) mass is 400 g/mol. The van der Waals surface area contributed by atoms with E-state index in [0.717, 1.165) is 36.5 Å². The summed E-state index contributed by atoms with van der Waals surface area (Å²) in [4.78, 5) is 23.9. The Bertz CT molecular complexity index is 985. The zero-order valence-corrected chi connectivity index (χ0v) is 16.5. The van der Waals surface area contributed by atoms with Gasteiger partial charge in [0, 0.05) is 30.5 Å². The van der Waals surface area contributed by atoms with Gasteiger partial charge >= 0.3 is 6.03 Å². The number of aromatic nitrogens is 3. The quantitative estimate of drug-likeness (QED) is 0.763. The second-order valence-corrected chi connectivity index (χ2v) is 7.51. The average molecular weight is 400 g/mol. The van der Waals surface area contributed by atoms with Gasteiger partial charge in [-0.25, -0.2) is 14.2 Å². The highest BCUT2D eigenvalue weighted by Gasteiger charge is 2.33. The topological polar surface area (TPSA) is 98.3 Å². The predicted molar refractivity (Wildman–Crippen MR) is 108 cm³/mol. The van der Waals surface area contributed by atoms with E-state index >= 15 is 0 Å². The first-order valence-corrected chi connectivity index (χ1v) is 9.80. The maximum absolute atomic E-state index is 14.1. The van der Waals surface area contributed by atoms with Gasteiger partial charge < -0.3 is 20.7 Å². The van der Waals surface area contributed by atoms with E-state index in [1.54, 1.807) is 12.4 Å². The van der Waals surface area contributed by atoms with Crippen LogP contribution in [0.5, 0.6) is 0 Å². The number of fused-ring (bicyclic) bond motifs is 3. The molecule has 0 aliphatic carbocycles. The Balaban J connectivity index is 1.84. The van der Waals surface area contributed by atoms with Gasteiger partial charge in [-0.05, 0) is 44.4 Å². The molecule has 0 spiro atoms. The number of halogens is 1. The zero-order valence-electron chi connectivity index (χ0n) is 16.5. The molecule has 4 rings (SSSR count). The van der Waals surface area contributed by atoms with Crippen LogP contribution in [0.4, 0.5) is 15.1 Å². The number of nitrogens with one attached hydrogen (secondary N) is 1. The first-order chi connectivity index (χ1) is 14.0. The lowest BCUT2D eigenvalue weighted by atomic mass is 9.99. The van der Waals surface area contributed by atoms with Crippen LogP contribution in [0.25, 0.3) is 11.0 Å². The molecular weight excluding hydrogens is 375 g/mol. The molecule has 8 nitrogen and oxygen atoms in total. The maximum Gasteiger partial charge on any atom is 0.327 e. The van der Waals surface area contributed by atoms with Crippen molar-refractivity contribution in [1.82, 2.24) is 19.9 Å². The lowest BCUT2D eigenvalue weighted by Gasteiger charge is -2.30. The molecule has 154 valence electrons. The van der Waals surface area contributed by atoms with Gasteiger partial charge in [-0.1, -0.05) is 0 Å². The third-order valence-corrected chi connectivity index (χ3v) is 5.43. The first kappa shape index (κ1) is 19.4. The molecule has 4 heterocycles. The number of nitrogens with zero attached hydrogens (tertiary/aromatic N) is 4. The number of rotatable bonds is 1. The highest BCUT2D eigenvalue weighted by Crippen LogP contribution is 2.31. The molecule has 2 aromatic heterocycles. The van der Waals surface area contributed by atoms with E-state index < -0.39 is 5.83 Å². The average Bonchev–Trinajstić information content (AvgIpc) is 3.35. The fourth-order valence-electron chi connectivity index (χ4n) is 3.96. The van der Waals surface area contributed by atoms with E-state index in [9.17, 15) is 9.18 Å². The van der Waals surface area contributed by atoms with Gasteiger partial charge in [-0.15, -0.1) is 0 Å². The summed E-state index contributed by atoms with van der Waals surface area (Å²) in [5, 5.41) is 3.69. The van der Waals surface area contributed by atoms with E-state index in [0.29, 0.717) is 18.2 Å². The molecule has 2 bridgehead atoms. The van der Waals surface area contributed by atoms with E-state index in [2.05, 4.69) is 15.3 Å². The first-order valence-electron chi connectivity index (χ1n) is 9.80. The Kier molecular flexibility index (Phi) is 5.23. The van der Waals surface area contributed by atoms with Crippen LogP contribution >= 0.6 is 0 Å². The van der Waals surface area contributed by atoms with Crippen molar-refractivity contribution in [3.63, 3.8) is 0 Å². The van der Waals surface area contributed by atoms with Crippen LogP contribution in [-0.2, 0) is 4.74 Å². The molecule has 9 heteroatoms. The van der Waals surface area contributed by atoms with Crippen LogP contribution < -0.4 is 16.0 Å². The molecule has 0 saturated carbocycles. The van der Waals surface area contributed by atoms with Gasteiger partial charge in [0.05, 0.1) is 24.8 Å². The number of carbonyl (C=O) groups excluding carboxylic acids is 1. The Morgan fingerprint density at radius 1 is 1.45 bits per heavy atom. The van der Waals surface area contributed by atoms with Gasteiger partial charge in [0.25, 0.3) is 0 Å². The Hall–Kier alpha value is -2.94. The third-order valence-electron chi connectivity index (χ3n) is 5.43. The van der Waals surface area contributed by atoms with Crippen LogP contribution in [0.1, 0.15) is 26.7 Å². The number of hydrogen-bond acceptors (Lipinski definition) is 6. The van der Waals surface area contributed by atoms with Gasteiger partial charge in [0.15, 0.2) is 5.65 Å². The minimum absolute atomic E-state index is 0.115. The van der Waals surface area contributed by atoms with Crippen molar-refractivity contribution in [1.29, 1.82) is 0 Å². The summed E-state index contributed by atoms with van der Waals surface area (Å²) in [6.07, 6.45) is 7.16. The highest BCUT2D eigenvalue weighted by atomic mass is 19.1. The number of hydrogen-bond donors (Lipinski definition) is 2. The van der Waals surface area contributed by atoms with E-state index in [-0.39, 0.29) is 24.2 Å². The Morgan fingerprint density at radius 3 is 3.07 bits per heavy atom. The van der Waals surface area contributed by atoms with Gasteiger partial charge in [0.1, 0.15) is 5.83 Å². The van der Waals surface area contributed by atoms with E-state index in [1.165, 1.54) is 10.6 Å². The molecule has 2 aliphatic heterocycles. The molecule has 1 amide bonds. The fraction of sp³-hybridized carbons (Fsp3) is 0.450. The van der Waals surface area contributed by atoms with E-state index in [4.69, 9.17) is 10.5 Å². The summed E-state index contributed by atoms with van der Waals surface area (Å²) in [6.45, 7) is 4.77. The maximum atomic E-state index is 14.1. The molecule has 29 heavy (non-hydrogen) atoms. The van der Waals surface area contributed by atoms with Crippen molar-refractivity contribution in [3.8, 4) is 0 Å². The number of amides is 1. The van der Waals surface area contributed by atoms with Gasteiger partial charge in [-0.2, -0.15) is 4.98 Å². The van der Waals surface area contributed by atoms with Crippen LogP contribution in [0.2, 0.25) is 0 Å². The lowest BCUT2D eigenvalue weighted by molar-refractivity contribution is 0.0729. The Morgan fingerprint density at radius 2 is 2.28 bits per heavy atom. The van der Waals surface area contributed by atoms with Crippen molar-refractivity contribution in [2.45, 2.75) is 44.9 Å². The summed E-state index contributed by atoms with van der Waals surface area (Å²) in [5.41, 5.74) is 6.69. The molecule has 0 aromatic carbocycles. The molecule has 3 atom stereocenters. The second kappa shape index (κ2) is 7.82. The number of nitrogens with two attached hydrogens (primary N) is 1. The SMILES string of the molecule is CC1OC[C@H](C)NC(=O)n2ccc3cnc(nc32)N2CCC[C@@H]2/C1=C/C(F)=C\N. The molecule has 0 radical (unpaired) electrons. The number of anilines is 1. The molecule has 2 aromatic rings. The zero-order chi connectivity index (χ0) is 20.5. The van der Waals surface area contributed by atoms with Crippen molar-refractivity contribution in [3.05, 3.63) is 42.1 Å².